The number of nitrogens with zero attached hydrogens (tertiary/aromatic N) is 3. The second kappa shape index (κ2) is 4.11. The van der Waals surface area contributed by atoms with Crippen molar-refractivity contribution in [1.82, 2.24) is 15.0 Å². The monoisotopic (exact) mass is 241 g/mol. The molecule has 0 aliphatic carbocycles. The van der Waals surface area contributed by atoms with E-state index in [2.05, 4.69) is 27.1 Å². The topological polar surface area (TPSA) is 38.7 Å². The van der Waals surface area contributed by atoms with Crippen molar-refractivity contribution in [3.8, 4) is 11.4 Å². The van der Waals surface area contributed by atoms with Crippen molar-refractivity contribution in [3.05, 3.63) is 54.1 Å². The Morgan fingerprint density at radius 1 is 0.882 bits per heavy atom. The summed E-state index contributed by atoms with van der Waals surface area (Å²) in [5.74, 6) is 0.593. The third-order valence-electron chi connectivity index (χ3n) is 2.55. The molecule has 0 saturated heterocycles. The zero-order chi connectivity index (χ0) is 11.7. The molecular weight excluding hydrogens is 234 g/mol. The molecule has 0 unspecified atom stereocenters. The highest BCUT2D eigenvalue weighted by molar-refractivity contribution is 6.28. The lowest BCUT2D eigenvalue weighted by Gasteiger charge is -2.02. The van der Waals surface area contributed by atoms with Crippen molar-refractivity contribution in [2.24, 2.45) is 0 Å². The van der Waals surface area contributed by atoms with E-state index in [4.69, 9.17) is 11.6 Å². The maximum atomic E-state index is 5.75. The molecule has 2 aromatic carbocycles. The maximum absolute atomic E-state index is 5.75. The summed E-state index contributed by atoms with van der Waals surface area (Å²) in [5, 5.41) is 2.56. The van der Waals surface area contributed by atoms with Crippen LogP contribution in [0.15, 0.2) is 48.8 Å². The molecule has 4 heteroatoms. The van der Waals surface area contributed by atoms with E-state index < -0.39 is 0 Å². The van der Waals surface area contributed by atoms with Crippen LogP contribution < -0.4 is 0 Å². The van der Waals surface area contributed by atoms with Gasteiger partial charge in [0.25, 0.3) is 0 Å². The minimum absolute atomic E-state index is 0.211. The second-order valence-corrected chi connectivity index (χ2v) is 3.98. The van der Waals surface area contributed by atoms with Gasteiger partial charge in [0.1, 0.15) is 6.33 Å². The van der Waals surface area contributed by atoms with Gasteiger partial charge in [-0.25, -0.2) is 9.97 Å². The van der Waals surface area contributed by atoms with Crippen LogP contribution in [-0.2, 0) is 0 Å². The molecule has 0 radical (unpaired) electrons. The van der Waals surface area contributed by atoms with Crippen LogP contribution in [0.3, 0.4) is 0 Å². The minimum Gasteiger partial charge on any atom is -0.216 e. The molecule has 0 saturated carbocycles. The largest absolute Gasteiger partial charge is 0.225 e. The molecule has 3 aromatic rings. The third kappa shape index (κ3) is 1.97. The molecular formula is C13H8ClN3. The van der Waals surface area contributed by atoms with Crippen molar-refractivity contribution < 1.29 is 0 Å². The van der Waals surface area contributed by atoms with Crippen molar-refractivity contribution in [3.63, 3.8) is 0 Å². The van der Waals surface area contributed by atoms with Crippen LogP contribution in [-0.4, -0.2) is 15.0 Å². The molecule has 3 rings (SSSR count). The molecule has 3 nitrogen and oxygen atoms in total. The lowest BCUT2D eigenvalue weighted by Crippen LogP contribution is -1.91. The minimum atomic E-state index is 0.211. The van der Waals surface area contributed by atoms with E-state index in [1.807, 2.05) is 30.3 Å². The number of benzene rings is 2. The summed E-state index contributed by atoms with van der Waals surface area (Å²) in [6, 6.07) is 14.2. The lowest BCUT2D eigenvalue weighted by atomic mass is 10.1. The first-order valence-electron chi connectivity index (χ1n) is 5.17. The molecule has 0 spiro atoms. The van der Waals surface area contributed by atoms with E-state index in [-0.39, 0.29) is 5.28 Å². The van der Waals surface area contributed by atoms with Gasteiger partial charge in [-0.3, -0.25) is 0 Å². The summed E-state index contributed by atoms with van der Waals surface area (Å²) in [7, 11) is 0. The highest BCUT2D eigenvalue weighted by atomic mass is 35.5. The lowest BCUT2D eigenvalue weighted by molar-refractivity contribution is 1.06. The van der Waals surface area contributed by atoms with Crippen molar-refractivity contribution >= 4 is 22.4 Å². The Hall–Kier alpha value is -2.00. The van der Waals surface area contributed by atoms with E-state index >= 15 is 0 Å². The Morgan fingerprint density at radius 3 is 2.53 bits per heavy atom. The molecule has 0 aliphatic heterocycles. The summed E-state index contributed by atoms with van der Waals surface area (Å²) in [6.07, 6.45) is 1.42. The zero-order valence-electron chi connectivity index (χ0n) is 8.84. The number of fused-ring (bicyclic) bond motifs is 1. The number of halogens is 1. The second-order valence-electron chi connectivity index (χ2n) is 3.64. The van der Waals surface area contributed by atoms with Gasteiger partial charge in [0, 0.05) is 5.56 Å². The average molecular weight is 242 g/mol. The Bertz CT molecular complexity index is 682. The molecule has 0 bridgehead atoms. The summed E-state index contributed by atoms with van der Waals surface area (Å²) in [5.41, 5.74) is 0.938. The van der Waals surface area contributed by atoms with Crippen LogP contribution in [0.2, 0.25) is 5.28 Å². The predicted molar refractivity (Wildman–Crippen MR) is 67.8 cm³/mol. The zero-order valence-corrected chi connectivity index (χ0v) is 9.59. The fourth-order valence-electron chi connectivity index (χ4n) is 1.74. The first kappa shape index (κ1) is 10.2. The van der Waals surface area contributed by atoms with Gasteiger partial charge in [-0.2, -0.15) is 4.98 Å². The van der Waals surface area contributed by atoms with Gasteiger partial charge in [-0.05, 0) is 28.4 Å². The predicted octanol–water partition coefficient (Wildman–Crippen LogP) is 3.35. The summed E-state index contributed by atoms with van der Waals surface area (Å²) >= 11 is 5.75. The van der Waals surface area contributed by atoms with Crippen LogP contribution in [0.5, 0.6) is 0 Å². The number of hydrogen-bond donors (Lipinski definition) is 0. The van der Waals surface area contributed by atoms with Crippen LogP contribution in [0.25, 0.3) is 22.2 Å². The molecule has 0 N–H and O–H groups in total. The molecule has 1 aromatic heterocycles. The normalized spacial score (nSPS) is 10.6. The standard InChI is InChI=1S/C13H8ClN3/c14-13-16-8-15-12(17-13)11-6-5-9-3-1-2-4-10(9)7-11/h1-8H. The smallest absolute Gasteiger partial charge is 0.216 e. The van der Waals surface area contributed by atoms with Gasteiger partial charge in [0.2, 0.25) is 5.28 Å². The SMILES string of the molecule is Clc1ncnc(-c2ccc3ccccc3c2)n1. The average Bonchev–Trinajstić information content (AvgIpc) is 2.38. The molecule has 0 fully saturated rings. The first-order valence-corrected chi connectivity index (χ1v) is 5.54. The molecule has 0 atom stereocenters. The summed E-state index contributed by atoms with van der Waals surface area (Å²) in [4.78, 5) is 12.0. The first-order chi connectivity index (χ1) is 8.33. The van der Waals surface area contributed by atoms with Gasteiger partial charge in [-0.1, -0.05) is 36.4 Å². The van der Waals surface area contributed by atoms with Crippen molar-refractivity contribution in [2.75, 3.05) is 0 Å². The molecule has 0 aliphatic rings. The molecule has 82 valence electrons. The number of hydrogen-bond acceptors (Lipinski definition) is 3. The maximum Gasteiger partial charge on any atom is 0.225 e. The summed E-state index contributed by atoms with van der Waals surface area (Å²) < 4.78 is 0. The fraction of sp³-hybridized carbons (Fsp3) is 0. The van der Waals surface area contributed by atoms with Gasteiger partial charge >= 0.3 is 0 Å². The van der Waals surface area contributed by atoms with Crippen LogP contribution >= 0.6 is 11.6 Å². The van der Waals surface area contributed by atoms with Crippen LogP contribution in [0, 0.1) is 0 Å². The van der Waals surface area contributed by atoms with E-state index in [1.54, 1.807) is 0 Å². The van der Waals surface area contributed by atoms with E-state index in [9.17, 15) is 0 Å². The summed E-state index contributed by atoms with van der Waals surface area (Å²) in [6.45, 7) is 0. The Balaban J connectivity index is 2.18. The fourth-order valence-corrected chi connectivity index (χ4v) is 1.87. The highest BCUT2D eigenvalue weighted by Crippen LogP contribution is 2.21. The van der Waals surface area contributed by atoms with Crippen molar-refractivity contribution in [1.29, 1.82) is 0 Å². The molecule has 0 amide bonds. The van der Waals surface area contributed by atoms with Gasteiger partial charge in [-0.15, -0.1) is 0 Å². The quantitative estimate of drug-likeness (QED) is 0.656. The number of aromatic nitrogens is 3. The van der Waals surface area contributed by atoms with Crippen LogP contribution in [0.4, 0.5) is 0 Å². The number of rotatable bonds is 1. The van der Waals surface area contributed by atoms with E-state index in [0.717, 1.165) is 10.9 Å². The van der Waals surface area contributed by atoms with Crippen molar-refractivity contribution in [2.45, 2.75) is 0 Å². The molecule has 1 heterocycles. The Kier molecular flexibility index (Phi) is 2.46. The third-order valence-corrected chi connectivity index (χ3v) is 2.73. The Labute approximate surface area is 103 Å². The Morgan fingerprint density at radius 2 is 1.71 bits per heavy atom. The van der Waals surface area contributed by atoms with Gasteiger partial charge in [0.15, 0.2) is 5.82 Å². The van der Waals surface area contributed by atoms with Gasteiger partial charge < -0.3 is 0 Å². The van der Waals surface area contributed by atoms with Crippen LogP contribution in [0.1, 0.15) is 0 Å². The molecule has 17 heavy (non-hydrogen) atoms. The van der Waals surface area contributed by atoms with Gasteiger partial charge in [0.05, 0.1) is 0 Å². The van der Waals surface area contributed by atoms with E-state index in [1.165, 1.54) is 11.7 Å². The highest BCUT2D eigenvalue weighted by Gasteiger charge is 2.03. The van der Waals surface area contributed by atoms with E-state index in [0.29, 0.717) is 5.82 Å².